The van der Waals surface area contributed by atoms with Gasteiger partial charge >= 0.3 is 0 Å². The van der Waals surface area contributed by atoms with Gasteiger partial charge in [0.25, 0.3) is 5.56 Å². The van der Waals surface area contributed by atoms with Crippen molar-refractivity contribution in [2.24, 2.45) is 0 Å². The quantitative estimate of drug-likeness (QED) is 0.452. The number of fused-ring (bicyclic) bond motifs is 1. The molecule has 2 aromatic heterocycles. The molecule has 0 spiro atoms. The number of rotatable bonds is 6. The molecule has 3 rings (SSSR count). The minimum atomic E-state index is 0.0817. The Morgan fingerprint density at radius 3 is 3.04 bits per heavy atom. The van der Waals surface area contributed by atoms with Crippen molar-refractivity contribution in [3.05, 3.63) is 33.4 Å². The fourth-order valence-electron chi connectivity index (χ4n) is 3.05. The zero-order chi connectivity index (χ0) is 16.4. The minimum Gasteiger partial charge on any atom is -0.376 e. The van der Waals surface area contributed by atoms with E-state index in [1.807, 2.05) is 10.6 Å². The molecular weight excluding hydrogens is 328 g/mol. The van der Waals surface area contributed by atoms with Crippen LogP contribution in [0.2, 0.25) is 0 Å². The molecule has 1 saturated heterocycles. The number of ether oxygens (including phenoxy) is 1. The lowest BCUT2D eigenvalue weighted by Gasteiger charge is -2.15. The molecule has 0 bridgehead atoms. The molecule has 6 heteroatoms. The van der Waals surface area contributed by atoms with Crippen LogP contribution in [0.3, 0.4) is 0 Å². The first-order chi connectivity index (χ1) is 11.2. The fraction of sp³-hybridized carbons (Fsp3) is 0.529. The average molecular weight is 351 g/mol. The number of aromatic nitrogens is 2. The van der Waals surface area contributed by atoms with Crippen LogP contribution in [0.15, 0.2) is 22.6 Å². The molecule has 3 heterocycles. The Morgan fingerprint density at radius 2 is 2.39 bits per heavy atom. The molecule has 1 aliphatic heterocycles. The van der Waals surface area contributed by atoms with E-state index in [0.717, 1.165) is 52.6 Å². The van der Waals surface area contributed by atoms with E-state index in [2.05, 4.69) is 20.4 Å². The second kappa shape index (κ2) is 7.20. The molecule has 1 unspecified atom stereocenters. The fourth-order valence-corrected chi connectivity index (χ4v) is 4.95. The van der Waals surface area contributed by atoms with Gasteiger partial charge in [-0.05, 0) is 31.7 Å². The number of hydrogen-bond donors (Lipinski definition) is 0. The van der Waals surface area contributed by atoms with Gasteiger partial charge in [0.1, 0.15) is 4.83 Å². The van der Waals surface area contributed by atoms with Gasteiger partial charge in [-0.3, -0.25) is 9.36 Å². The van der Waals surface area contributed by atoms with Gasteiger partial charge in [0.15, 0.2) is 5.16 Å². The standard InChI is InChI=1S/C17H22N2O2S2/c1-4-9-22-17-18-15-14(13(5-2)11(3)23-15)16(20)19(17)10-12-7-6-8-21-12/h4,12H,1,5-10H2,2-3H3. The third kappa shape index (κ3) is 3.25. The van der Waals surface area contributed by atoms with E-state index in [9.17, 15) is 4.79 Å². The average Bonchev–Trinajstić information content (AvgIpc) is 3.15. The molecule has 1 fully saturated rings. The smallest absolute Gasteiger partial charge is 0.263 e. The number of hydrogen-bond acceptors (Lipinski definition) is 5. The van der Waals surface area contributed by atoms with E-state index in [-0.39, 0.29) is 11.7 Å². The molecule has 1 atom stereocenters. The van der Waals surface area contributed by atoms with E-state index in [1.54, 1.807) is 23.1 Å². The van der Waals surface area contributed by atoms with Crippen molar-refractivity contribution in [3.8, 4) is 0 Å². The van der Waals surface area contributed by atoms with Crippen molar-refractivity contribution in [2.45, 2.75) is 50.9 Å². The molecule has 0 aromatic carbocycles. The Kier molecular flexibility index (Phi) is 5.24. The van der Waals surface area contributed by atoms with Gasteiger partial charge < -0.3 is 4.74 Å². The van der Waals surface area contributed by atoms with Crippen molar-refractivity contribution in [2.75, 3.05) is 12.4 Å². The van der Waals surface area contributed by atoms with Crippen LogP contribution in [-0.2, 0) is 17.7 Å². The number of thioether (sulfide) groups is 1. The van der Waals surface area contributed by atoms with E-state index in [0.29, 0.717) is 6.54 Å². The summed E-state index contributed by atoms with van der Waals surface area (Å²) in [6.07, 6.45) is 4.91. The molecule has 4 nitrogen and oxygen atoms in total. The zero-order valence-electron chi connectivity index (χ0n) is 13.6. The van der Waals surface area contributed by atoms with Crippen LogP contribution >= 0.6 is 23.1 Å². The highest BCUT2D eigenvalue weighted by Crippen LogP contribution is 2.30. The topological polar surface area (TPSA) is 44.1 Å². The number of aryl methyl sites for hydroxylation is 2. The predicted molar refractivity (Wildman–Crippen MR) is 97.9 cm³/mol. The summed E-state index contributed by atoms with van der Waals surface area (Å²) in [5.41, 5.74) is 1.22. The summed E-state index contributed by atoms with van der Waals surface area (Å²) < 4.78 is 7.55. The first-order valence-electron chi connectivity index (χ1n) is 8.03. The molecular formula is C17H22N2O2S2. The summed E-state index contributed by atoms with van der Waals surface area (Å²) in [7, 11) is 0. The van der Waals surface area contributed by atoms with E-state index >= 15 is 0 Å². The lowest BCUT2D eigenvalue weighted by atomic mass is 10.1. The third-order valence-electron chi connectivity index (χ3n) is 4.17. The second-order valence-corrected chi connectivity index (χ2v) is 7.91. The maximum Gasteiger partial charge on any atom is 0.263 e. The molecule has 23 heavy (non-hydrogen) atoms. The van der Waals surface area contributed by atoms with Crippen LogP contribution in [0.5, 0.6) is 0 Å². The number of thiophene rings is 1. The lowest BCUT2D eigenvalue weighted by molar-refractivity contribution is 0.0937. The molecule has 124 valence electrons. The van der Waals surface area contributed by atoms with Gasteiger partial charge in [-0.25, -0.2) is 4.98 Å². The molecule has 0 amide bonds. The SMILES string of the molecule is C=CCSc1nc2sc(C)c(CC)c2c(=O)n1CC1CCCO1. The number of nitrogens with zero attached hydrogens (tertiary/aromatic N) is 2. The molecule has 0 radical (unpaired) electrons. The van der Waals surface area contributed by atoms with Gasteiger partial charge in [-0.15, -0.1) is 17.9 Å². The summed E-state index contributed by atoms with van der Waals surface area (Å²) in [6.45, 7) is 9.33. The Bertz CT molecular complexity index is 773. The summed E-state index contributed by atoms with van der Waals surface area (Å²) in [5.74, 6) is 0.745. The van der Waals surface area contributed by atoms with Crippen molar-refractivity contribution in [3.63, 3.8) is 0 Å². The molecule has 0 N–H and O–H groups in total. The first-order valence-corrected chi connectivity index (χ1v) is 9.84. The lowest BCUT2D eigenvalue weighted by Crippen LogP contribution is -2.29. The van der Waals surface area contributed by atoms with Crippen LogP contribution in [-0.4, -0.2) is 28.0 Å². The monoisotopic (exact) mass is 350 g/mol. The Balaban J connectivity index is 2.13. The largest absolute Gasteiger partial charge is 0.376 e. The molecule has 0 aliphatic carbocycles. The van der Waals surface area contributed by atoms with Gasteiger partial charge in [-0.2, -0.15) is 0 Å². The maximum atomic E-state index is 13.1. The van der Waals surface area contributed by atoms with Crippen LogP contribution < -0.4 is 5.56 Å². The molecule has 1 aliphatic rings. The van der Waals surface area contributed by atoms with Gasteiger partial charge in [0, 0.05) is 17.2 Å². The van der Waals surface area contributed by atoms with Crippen LogP contribution in [0.4, 0.5) is 0 Å². The summed E-state index contributed by atoms with van der Waals surface area (Å²) in [6, 6.07) is 0. The van der Waals surface area contributed by atoms with Gasteiger partial charge in [-0.1, -0.05) is 24.8 Å². The van der Waals surface area contributed by atoms with Gasteiger partial charge in [0.05, 0.1) is 18.0 Å². The Hall–Kier alpha value is -1.11. The van der Waals surface area contributed by atoms with Crippen LogP contribution in [0.1, 0.15) is 30.2 Å². The maximum absolute atomic E-state index is 13.1. The Labute approximate surface area is 144 Å². The Morgan fingerprint density at radius 1 is 1.57 bits per heavy atom. The van der Waals surface area contributed by atoms with E-state index < -0.39 is 0 Å². The predicted octanol–water partition coefficient (Wildman–Crippen LogP) is 3.79. The van der Waals surface area contributed by atoms with E-state index in [4.69, 9.17) is 9.72 Å². The van der Waals surface area contributed by atoms with Crippen LogP contribution in [0.25, 0.3) is 10.2 Å². The summed E-state index contributed by atoms with van der Waals surface area (Å²) >= 11 is 3.19. The first kappa shape index (κ1) is 16.7. The molecule has 2 aromatic rings. The highest BCUT2D eigenvalue weighted by atomic mass is 32.2. The van der Waals surface area contributed by atoms with Crippen molar-refractivity contribution in [1.29, 1.82) is 0 Å². The molecule has 0 saturated carbocycles. The van der Waals surface area contributed by atoms with Crippen molar-refractivity contribution < 1.29 is 4.74 Å². The minimum absolute atomic E-state index is 0.0817. The highest BCUT2D eigenvalue weighted by Gasteiger charge is 2.22. The summed E-state index contributed by atoms with van der Waals surface area (Å²) in [4.78, 5) is 20.0. The third-order valence-corrected chi connectivity index (χ3v) is 6.19. The highest BCUT2D eigenvalue weighted by molar-refractivity contribution is 7.99. The van der Waals surface area contributed by atoms with Crippen LogP contribution in [0, 0.1) is 6.92 Å². The summed E-state index contributed by atoms with van der Waals surface area (Å²) in [5, 5.41) is 1.58. The van der Waals surface area contributed by atoms with Gasteiger partial charge in [0.2, 0.25) is 0 Å². The van der Waals surface area contributed by atoms with E-state index in [1.165, 1.54) is 4.88 Å². The second-order valence-electron chi connectivity index (χ2n) is 5.72. The normalized spacial score (nSPS) is 17.9. The van der Waals surface area contributed by atoms with Crippen molar-refractivity contribution >= 4 is 33.3 Å². The van der Waals surface area contributed by atoms with Crippen molar-refractivity contribution in [1.82, 2.24) is 9.55 Å². The zero-order valence-corrected chi connectivity index (χ0v) is 15.3.